The Hall–Kier alpha value is -3.87. The molecule has 1 saturated carbocycles. The highest BCUT2D eigenvalue weighted by molar-refractivity contribution is 5.90. The average Bonchev–Trinajstić information content (AvgIpc) is 2.94. The van der Waals surface area contributed by atoms with Gasteiger partial charge in [-0.3, -0.25) is 4.79 Å². The van der Waals surface area contributed by atoms with Crippen molar-refractivity contribution in [2.75, 3.05) is 13.7 Å². The Balaban J connectivity index is 1.64. The van der Waals surface area contributed by atoms with Crippen molar-refractivity contribution in [1.29, 1.82) is 0 Å². The van der Waals surface area contributed by atoms with Crippen LogP contribution in [-0.2, 0) is 26.1 Å². The first-order chi connectivity index (χ1) is 17.9. The third-order valence-electron chi connectivity index (χ3n) is 7.97. The molecule has 5 rings (SSSR count). The van der Waals surface area contributed by atoms with Gasteiger partial charge in [-0.2, -0.15) is 0 Å². The maximum Gasteiger partial charge on any atom is 0.338 e. The van der Waals surface area contributed by atoms with Crippen molar-refractivity contribution in [1.82, 2.24) is 9.97 Å². The quantitative estimate of drug-likeness (QED) is 0.459. The van der Waals surface area contributed by atoms with Gasteiger partial charge in [0.15, 0.2) is 5.82 Å². The number of ether oxygens (including phenoxy) is 2. The lowest BCUT2D eigenvalue weighted by Gasteiger charge is -2.50. The SMILES string of the molecule is CCOC(=O)c1ccc(-c2ncc3c(n2)[C@@]2(c4cccc(C(=O)OC)c4)CCC(=O)[C@@H](C)[C@@H]2CC3)cc1. The normalized spacial score (nSPS) is 22.5. The fraction of sp³-hybridized carbons (Fsp3) is 0.367. The molecule has 0 saturated heterocycles. The van der Waals surface area contributed by atoms with Gasteiger partial charge in [-0.25, -0.2) is 19.6 Å². The summed E-state index contributed by atoms with van der Waals surface area (Å²) in [5.41, 5.74) is 4.18. The van der Waals surface area contributed by atoms with Crippen LogP contribution in [-0.4, -0.2) is 41.4 Å². The number of aromatic nitrogens is 2. The van der Waals surface area contributed by atoms with Gasteiger partial charge in [0.2, 0.25) is 0 Å². The van der Waals surface area contributed by atoms with E-state index in [1.807, 2.05) is 43.5 Å². The highest BCUT2D eigenvalue weighted by atomic mass is 16.5. The maximum atomic E-state index is 12.8. The van der Waals surface area contributed by atoms with Crippen molar-refractivity contribution in [2.24, 2.45) is 11.8 Å². The largest absolute Gasteiger partial charge is 0.465 e. The number of aryl methyl sites for hydroxylation is 1. The molecule has 190 valence electrons. The van der Waals surface area contributed by atoms with Gasteiger partial charge < -0.3 is 9.47 Å². The highest BCUT2D eigenvalue weighted by Crippen LogP contribution is 2.54. The lowest BCUT2D eigenvalue weighted by Crippen LogP contribution is -2.50. The summed E-state index contributed by atoms with van der Waals surface area (Å²) in [5, 5.41) is 0. The van der Waals surface area contributed by atoms with Crippen LogP contribution in [0.2, 0.25) is 0 Å². The fourth-order valence-corrected chi connectivity index (χ4v) is 6.11. The van der Waals surface area contributed by atoms with Crippen LogP contribution < -0.4 is 0 Å². The molecule has 7 nitrogen and oxygen atoms in total. The molecule has 37 heavy (non-hydrogen) atoms. The molecule has 0 bridgehead atoms. The molecule has 3 aromatic rings. The molecule has 1 aromatic heterocycles. The number of nitrogens with zero attached hydrogens (tertiary/aromatic N) is 2. The molecule has 0 spiro atoms. The Labute approximate surface area is 216 Å². The average molecular weight is 499 g/mol. The van der Waals surface area contributed by atoms with E-state index in [1.54, 1.807) is 25.1 Å². The molecule has 0 unspecified atom stereocenters. The zero-order valence-electron chi connectivity index (χ0n) is 21.3. The number of hydrogen-bond donors (Lipinski definition) is 0. The van der Waals surface area contributed by atoms with Crippen molar-refractivity contribution in [3.63, 3.8) is 0 Å². The van der Waals surface area contributed by atoms with Crippen LogP contribution in [0.3, 0.4) is 0 Å². The molecule has 7 heteroatoms. The lowest BCUT2D eigenvalue weighted by atomic mass is 9.53. The summed E-state index contributed by atoms with van der Waals surface area (Å²) in [6.07, 6.45) is 4.60. The monoisotopic (exact) mass is 498 g/mol. The first-order valence-electron chi connectivity index (χ1n) is 12.7. The minimum Gasteiger partial charge on any atom is -0.465 e. The van der Waals surface area contributed by atoms with E-state index in [4.69, 9.17) is 14.5 Å². The predicted octanol–water partition coefficient (Wildman–Crippen LogP) is 4.95. The summed E-state index contributed by atoms with van der Waals surface area (Å²) >= 11 is 0. The van der Waals surface area contributed by atoms with Gasteiger partial charge in [0, 0.05) is 29.5 Å². The minimum atomic E-state index is -0.520. The number of ketones is 1. The van der Waals surface area contributed by atoms with Gasteiger partial charge in [0.25, 0.3) is 0 Å². The van der Waals surface area contributed by atoms with Crippen molar-refractivity contribution in [3.8, 4) is 11.4 Å². The van der Waals surface area contributed by atoms with E-state index in [0.29, 0.717) is 36.4 Å². The smallest absolute Gasteiger partial charge is 0.338 e. The van der Waals surface area contributed by atoms with Crippen LogP contribution in [0.25, 0.3) is 11.4 Å². The van der Waals surface area contributed by atoms with Crippen LogP contribution >= 0.6 is 0 Å². The zero-order valence-corrected chi connectivity index (χ0v) is 21.3. The second-order valence-electron chi connectivity index (χ2n) is 9.81. The molecule has 1 fully saturated rings. The molecule has 2 aliphatic rings. The van der Waals surface area contributed by atoms with E-state index in [0.717, 1.165) is 35.2 Å². The van der Waals surface area contributed by atoms with E-state index >= 15 is 0 Å². The standard InChI is InChI=1S/C30H30N2O5/c1-4-37-29(35)20-10-8-19(9-11-20)27-31-17-22-12-13-24-18(2)25(33)14-15-30(24,26(22)32-27)23-7-5-6-21(16-23)28(34)36-3/h5-11,16-18,24H,4,12-15H2,1-3H3/t18-,24-,30+/m0/s1. The van der Waals surface area contributed by atoms with Crippen molar-refractivity contribution in [3.05, 3.63) is 82.7 Å². The van der Waals surface area contributed by atoms with Crippen molar-refractivity contribution >= 4 is 17.7 Å². The summed E-state index contributed by atoms with van der Waals surface area (Å²) in [4.78, 5) is 47.1. The lowest BCUT2D eigenvalue weighted by molar-refractivity contribution is -0.128. The molecule has 1 heterocycles. The third kappa shape index (κ3) is 4.22. The molecular weight excluding hydrogens is 468 g/mol. The van der Waals surface area contributed by atoms with Crippen molar-refractivity contribution < 1.29 is 23.9 Å². The topological polar surface area (TPSA) is 95.5 Å². The Morgan fingerprint density at radius 3 is 2.57 bits per heavy atom. The number of methoxy groups -OCH3 is 1. The van der Waals surface area contributed by atoms with Crippen LogP contribution in [0.5, 0.6) is 0 Å². The number of hydrogen-bond acceptors (Lipinski definition) is 7. The Morgan fingerprint density at radius 1 is 1.05 bits per heavy atom. The van der Waals surface area contributed by atoms with Crippen LogP contribution in [0.15, 0.2) is 54.7 Å². The number of carbonyl (C=O) groups is 3. The second kappa shape index (κ2) is 9.88. The molecule has 0 radical (unpaired) electrons. The fourth-order valence-electron chi connectivity index (χ4n) is 6.11. The van der Waals surface area contributed by atoms with Gasteiger partial charge >= 0.3 is 11.9 Å². The van der Waals surface area contributed by atoms with E-state index in [-0.39, 0.29) is 23.6 Å². The van der Waals surface area contributed by atoms with E-state index in [1.165, 1.54) is 7.11 Å². The Kier molecular flexibility index (Phi) is 6.63. The van der Waals surface area contributed by atoms with Crippen LogP contribution in [0.4, 0.5) is 0 Å². The minimum absolute atomic E-state index is 0.0584. The summed E-state index contributed by atoms with van der Waals surface area (Å²) in [5.74, 6) is 0.0123. The predicted molar refractivity (Wildman–Crippen MR) is 137 cm³/mol. The van der Waals surface area contributed by atoms with E-state index < -0.39 is 11.4 Å². The summed E-state index contributed by atoms with van der Waals surface area (Å²) in [6.45, 7) is 4.11. The van der Waals surface area contributed by atoms with Crippen molar-refractivity contribution in [2.45, 2.75) is 44.9 Å². The highest BCUT2D eigenvalue weighted by Gasteiger charge is 2.53. The van der Waals surface area contributed by atoms with E-state index in [2.05, 4.69) is 4.98 Å². The third-order valence-corrected chi connectivity index (χ3v) is 7.97. The van der Waals surface area contributed by atoms with E-state index in [9.17, 15) is 14.4 Å². The second-order valence-corrected chi connectivity index (χ2v) is 9.81. The molecule has 2 aliphatic carbocycles. The number of rotatable bonds is 5. The molecule has 2 aromatic carbocycles. The van der Waals surface area contributed by atoms with Gasteiger partial charge in [-0.15, -0.1) is 0 Å². The van der Waals surface area contributed by atoms with Gasteiger partial charge in [0.1, 0.15) is 5.78 Å². The van der Waals surface area contributed by atoms with Crippen LogP contribution in [0, 0.1) is 11.8 Å². The molecule has 0 aliphatic heterocycles. The Morgan fingerprint density at radius 2 is 1.84 bits per heavy atom. The zero-order chi connectivity index (χ0) is 26.2. The molecule has 0 amide bonds. The number of fused-ring (bicyclic) bond motifs is 3. The number of Topliss-reactive ketones (excluding diaryl/α,β-unsaturated/α-hetero) is 1. The number of esters is 2. The number of benzene rings is 2. The van der Waals surface area contributed by atoms with Gasteiger partial charge in [0.05, 0.1) is 30.5 Å². The maximum absolute atomic E-state index is 12.8. The molecule has 0 N–H and O–H groups in total. The molecule has 3 atom stereocenters. The first-order valence-corrected chi connectivity index (χ1v) is 12.7. The van der Waals surface area contributed by atoms with Gasteiger partial charge in [-0.05, 0) is 67.5 Å². The summed E-state index contributed by atoms with van der Waals surface area (Å²) < 4.78 is 10.1. The Bertz CT molecular complexity index is 1370. The first kappa shape index (κ1) is 24.8. The number of carbonyl (C=O) groups excluding carboxylic acids is 3. The van der Waals surface area contributed by atoms with Gasteiger partial charge in [-0.1, -0.05) is 31.2 Å². The summed E-state index contributed by atoms with van der Waals surface area (Å²) in [7, 11) is 1.38. The molecular formula is C30H30N2O5. The van der Waals surface area contributed by atoms with Crippen LogP contribution in [0.1, 0.15) is 70.6 Å². The summed E-state index contributed by atoms with van der Waals surface area (Å²) in [6, 6.07) is 14.6.